The Bertz CT molecular complexity index is 872. The van der Waals surface area contributed by atoms with Crippen molar-refractivity contribution in [3.8, 4) is 0 Å². The van der Waals surface area contributed by atoms with Gasteiger partial charge in [-0.15, -0.1) is 4.68 Å². The molecule has 9 nitrogen and oxygen atoms in total. The van der Waals surface area contributed by atoms with E-state index in [1.54, 1.807) is 44.2 Å². The summed E-state index contributed by atoms with van der Waals surface area (Å²) in [6, 6.07) is 8.30. The Morgan fingerprint density at radius 2 is 1.76 bits per heavy atom. The molecular weight excluding hydrogens is 328 g/mol. The van der Waals surface area contributed by atoms with Crippen LogP contribution in [0.3, 0.4) is 0 Å². The molecular formula is C16H16N4O5. The first-order chi connectivity index (χ1) is 11.7. The summed E-state index contributed by atoms with van der Waals surface area (Å²) in [6.07, 6.45) is -2.51. The Morgan fingerprint density at radius 3 is 2.32 bits per heavy atom. The Balaban J connectivity index is 2.05. The first kappa shape index (κ1) is 16.5. The maximum absolute atomic E-state index is 12.4. The monoisotopic (exact) mass is 344 g/mol. The van der Waals surface area contributed by atoms with E-state index >= 15 is 0 Å². The van der Waals surface area contributed by atoms with Gasteiger partial charge < -0.3 is 15.5 Å². The first-order valence-corrected chi connectivity index (χ1v) is 7.46. The highest BCUT2D eigenvalue weighted by atomic mass is 16.4. The fraction of sp³-hybridized carbons (Fsp3) is 0.250. The molecule has 25 heavy (non-hydrogen) atoms. The van der Waals surface area contributed by atoms with E-state index in [9.17, 15) is 24.6 Å². The molecule has 9 heteroatoms. The lowest BCUT2D eigenvalue weighted by Crippen LogP contribution is -2.40. The van der Waals surface area contributed by atoms with Crippen molar-refractivity contribution >= 4 is 23.9 Å². The molecule has 3 rings (SSSR count). The average Bonchev–Trinajstić information content (AvgIpc) is 3.04. The van der Waals surface area contributed by atoms with Gasteiger partial charge in [-0.1, -0.05) is 18.2 Å². The average molecular weight is 344 g/mol. The predicted octanol–water partition coefficient (Wildman–Crippen LogP) is 2.39. The molecule has 0 saturated heterocycles. The topological polar surface area (TPSA) is 125 Å². The molecule has 0 spiro atoms. The second-order valence-electron chi connectivity index (χ2n) is 6.12. The summed E-state index contributed by atoms with van der Waals surface area (Å²) in [5.74, 6) is -0.537. The third-order valence-electron chi connectivity index (χ3n) is 4.23. The predicted molar refractivity (Wildman–Crippen MR) is 86.6 cm³/mol. The molecule has 0 fully saturated rings. The van der Waals surface area contributed by atoms with Gasteiger partial charge in [0.05, 0.1) is 17.8 Å². The number of carbonyl (C=O) groups excluding carboxylic acids is 1. The Kier molecular flexibility index (Phi) is 3.71. The van der Waals surface area contributed by atoms with E-state index < -0.39 is 23.6 Å². The molecule has 130 valence electrons. The number of carbonyl (C=O) groups is 3. The smallest absolute Gasteiger partial charge is 0.434 e. The Morgan fingerprint density at radius 1 is 1.12 bits per heavy atom. The van der Waals surface area contributed by atoms with Crippen LogP contribution in [0.2, 0.25) is 0 Å². The third kappa shape index (κ3) is 2.59. The molecule has 0 atom stereocenters. The first-order valence-electron chi connectivity index (χ1n) is 7.46. The van der Waals surface area contributed by atoms with Crippen molar-refractivity contribution in [2.45, 2.75) is 25.9 Å². The number of nitrogens with one attached hydrogen (secondary N) is 1. The molecule has 3 N–H and O–H groups in total. The van der Waals surface area contributed by atoms with E-state index in [1.807, 2.05) is 0 Å². The molecule has 2 amide bonds. The largest absolute Gasteiger partial charge is 0.465 e. The van der Waals surface area contributed by atoms with Crippen LogP contribution >= 0.6 is 0 Å². The van der Waals surface area contributed by atoms with Crippen molar-refractivity contribution in [2.75, 3.05) is 5.32 Å². The van der Waals surface area contributed by atoms with Crippen LogP contribution in [0, 0.1) is 0 Å². The zero-order chi connectivity index (χ0) is 18.4. The molecule has 0 saturated carbocycles. The lowest BCUT2D eigenvalue weighted by molar-refractivity contribution is 0.0974. The number of hydrogen-bond donors (Lipinski definition) is 3. The van der Waals surface area contributed by atoms with Gasteiger partial charge in [0.1, 0.15) is 5.82 Å². The molecule has 1 aliphatic heterocycles. The minimum absolute atomic E-state index is 0.0341. The molecule has 0 aliphatic carbocycles. The quantitative estimate of drug-likeness (QED) is 0.768. The Hall–Kier alpha value is -3.36. The van der Waals surface area contributed by atoms with E-state index in [0.29, 0.717) is 21.5 Å². The van der Waals surface area contributed by atoms with Crippen molar-refractivity contribution in [3.63, 3.8) is 0 Å². The number of anilines is 1. The number of hydrogen-bond acceptors (Lipinski definition) is 4. The Labute approximate surface area is 142 Å². The zero-order valence-corrected chi connectivity index (χ0v) is 13.6. The second kappa shape index (κ2) is 5.62. The van der Waals surface area contributed by atoms with Crippen molar-refractivity contribution in [2.24, 2.45) is 0 Å². The number of nitrogens with zero attached hydrogens (tertiary/aromatic N) is 3. The highest BCUT2D eigenvalue weighted by molar-refractivity contribution is 6.05. The second-order valence-corrected chi connectivity index (χ2v) is 6.12. The summed E-state index contributed by atoms with van der Waals surface area (Å²) in [6.45, 7) is 3.21. The molecule has 2 aromatic rings. The van der Waals surface area contributed by atoms with Gasteiger partial charge >= 0.3 is 12.2 Å². The fourth-order valence-electron chi connectivity index (χ4n) is 2.92. The van der Waals surface area contributed by atoms with E-state index in [0.717, 1.165) is 4.90 Å². The molecule has 1 aliphatic rings. The molecule has 2 heterocycles. The molecule has 1 aromatic heterocycles. The number of aromatic nitrogens is 2. The lowest BCUT2D eigenvalue weighted by Gasteiger charge is -2.28. The normalized spacial score (nSPS) is 14.9. The zero-order valence-electron chi connectivity index (χ0n) is 13.6. The third-order valence-corrected chi connectivity index (χ3v) is 4.23. The summed E-state index contributed by atoms with van der Waals surface area (Å²) < 4.78 is 0.673. The van der Waals surface area contributed by atoms with Crippen LogP contribution < -0.4 is 5.32 Å². The van der Waals surface area contributed by atoms with E-state index in [2.05, 4.69) is 10.4 Å². The summed E-state index contributed by atoms with van der Waals surface area (Å²) in [5, 5.41) is 25.3. The fourth-order valence-corrected chi connectivity index (χ4v) is 2.92. The maximum Gasteiger partial charge on any atom is 0.434 e. The minimum Gasteiger partial charge on any atom is -0.465 e. The highest BCUT2D eigenvalue weighted by Gasteiger charge is 2.46. The van der Waals surface area contributed by atoms with Gasteiger partial charge in [-0.25, -0.2) is 9.59 Å². The van der Waals surface area contributed by atoms with Crippen LogP contribution in [0.5, 0.6) is 0 Å². The van der Waals surface area contributed by atoms with Gasteiger partial charge in [0.25, 0.3) is 5.91 Å². The molecule has 0 radical (unpaired) electrons. The van der Waals surface area contributed by atoms with Crippen molar-refractivity contribution in [1.29, 1.82) is 0 Å². The number of benzene rings is 1. The van der Waals surface area contributed by atoms with Crippen LogP contribution in [-0.4, -0.2) is 43.0 Å². The molecule has 1 aromatic carbocycles. The summed E-state index contributed by atoms with van der Waals surface area (Å²) in [4.78, 5) is 36.5. The highest BCUT2D eigenvalue weighted by Crippen LogP contribution is 2.41. The van der Waals surface area contributed by atoms with E-state index in [-0.39, 0.29) is 12.4 Å². The summed E-state index contributed by atoms with van der Waals surface area (Å²) in [5.41, 5.74) is 0.0233. The molecule has 0 bridgehead atoms. The van der Waals surface area contributed by atoms with Crippen molar-refractivity contribution < 1.29 is 24.6 Å². The van der Waals surface area contributed by atoms with Crippen molar-refractivity contribution in [1.82, 2.24) is 14.7 Å². The van der Waals surface area contributed by atoms with Gasteiger partial charge in [0, 0.05) is 11.1 Å². The SMILES string of the molecule is CC1(C)c2nn(C(=O)O)c(NC(=O)c3ccccc3)c2CN1C(=O)O. The van der Waals surface area contributed by atoms with Crippen LogP contribution in [0.15, 0.2) is 30.3 Å². The van der Waals surface area contributed by atoms with Crippen LogP contribution in [0.25, 0.3) is 0 Å². The van der Waals surface area contributed by atoms with Gasteiger partial charge in [0.15, 0.2) is 0 Å². The summed E-state index contributed by atoms with van der Waals surface area (Å²) >= 11 is 0. The number of carboxylic acid groups (broad SMARTS) is 2. The number of amides is 2. The van der Waals surface area contributed by atoms with Gasteiger partial charge in [0.2, 0.25) is 0 Å². The standard InChI is InChI=1S/C16H16N4O5/c1-16(2)11-10(8-19(16)14(22)23)12(20(18-11)15(24)25)17-13(21)9-6-4-3-5-7-9/h3-7H,8H2,1-2H3,(H,17,21)(H,22,23)(H,24,25). The van der Waals surface area contributed by atoms with E-state index in [1.165, 1.54) is 0 Å². The summed E-state index contributed by atoms with van der Waals surface area (Å²) in [7, 11) is 0. The van der Waals surface area contributed by atoms with Gasteiger partial charge in [-0.2, -0.15) is 5.10 Å². The lowest BCUT2D eigenvalue weighted by atomic mass is 10.0. The molecule has 0 unspecified atom stereocenters. The minimum atomic E-state index is -1.37. The van der Waals surface area contributed by atoms with Crippen LogP contribution in [0.1, 0.15) is 35.5 Å². The van der Waals surface area contributed by atoms with Crippen LogP contribution in [-0.2, 0) is 12.1 Å². The maximum atomic E-state index is 12.4. The van der Waals surface area contributed by atoms with E-state index in [4.69, 9.17) is 0 Å². The van der Waals surface area contributed by atoms with Crippen molar-refractivity contribution in [3.05, 3.63) is 47.2 Å². The van der Waals surface area contributed by atoms with Gasteiger partial charge in [-0.3, -0.25) is 9.69 Å². The van der Waals surface area contributed by atoms with Gasteiger partial charge in [-0.05, 0) is 26.0 Å². The number of fused-ring (bicyclic) bond motifs is 1. The number of rotatable bonds is 2. The van der Waals surface area contributed by atoms with Crippen LogP contribution in [0.4, 0.5) is 15.4 Å².